The van der Waals surface area contributed by atoms with Crippen LogP contribution in [0.25, 0.3) is 0 Å². The van der Waals surface area contributed by atoms with Crippen LogP contribution in [0.3, 0.4) is 0 Å². The van der Waals surface area contributed by atoms with E-state index in [9.17, 15) is 4.39 Å². The fourth-order valence-electron chi connectivity index (χ4n) is 0.898. The lowest BCUT2D eigenvalue weighted by molar-refractivity contribution is 0.627. The van der Waals surface area contributed by atoms with Crippen LogP contribution in [-0.4, -0.2) is 13.4 Å². The van der Waals surface area contributed by atoms with E-state index < -0.39 is 0 Å². The third-order valence-corrected chi connectivity index (χ3v) is 1.49. The lowest BCUT2D eigenvalue weighted by Gasteiger charge is -1.98. The number of nitrogens with one attached hydrogen (secondary N) is 1. The van der Waals surface area contributed by atoms with E-state index in [-0.39, 0.29) is 5.82 Å². The van der Waals surface area contributed by atoms with Gasteiger partial charge in [-0.05, 0) is 30.7 Å². The number of nitrogens with zero attached hydrogens (tertiary/aromatic N) is 1. The van der Waals surface area contributed by atoms with Gasteiger partial charge in [0.25, 0.3) is 0 Å². The van der Waals surface area contributed by atoms with Gasteiger partial charge in [0.1, 0.15) is 5.82 Å². The maximum absolute atomic E-state index is 12.6. The molecule has 0 aliphatic carbocycles. The van der Waals surface area contributed by atoms with Crippen molar-refractivity contribution in [3.8, 4) is 0 Å². The molecule has 0 radical (unpaired) electrons. The molecule has 64 valence electrons. The van der Waals surface area contributed by atoms with Gasteiger partial charge < -0.3 is 5.32 Å². The van der Waals surface area contributed by atoms with Crippen LogP contribution in [0, 0.1) is 12.7 Å². The van der Waals surface area contributed by atoms with E-state index in [0.717, 1.165) is 11.3 Å². The van der Waals surface area contributed by atoms with Crippen LogP contribution in [-0.2, 0) is 0 Å². The van der Waals surface area contributed by atoms with E-state index >= 15 is 0 Å². The Labute approximate surface area is 71.1 Å². The van der Waals surface area contributed by atoms with Crippen molar-refractivity contribution < 1.29 is 4.39 Å². The number of hydrogen-bond donors (Lipinski definition) is 1. The molecule has 0 atom stereocenters. The third-order valence-electron chi connectivity index (χ3n) is 1.49. The predicted octanol–water partition coefficient (Wildman–Crippen LogP) is 2.01. The molecule has 12 heavy (non-hydrogen) atoms. The van der Waals surface area contributed by atoms with E-state index in [4.69, 9.17) is 0 Å². The number of benzene rings is 1. The molecule has 1 aromatic rings. The first-order chi connectivity index (χ1) is 5.74. The zero-order valence-electron chi connectivity index (χ0n) is 7.13. The summed E-state index contributed by atoms with van der Waals surface area (Å²) in [7, 11) is 1.77. The molecule has 0 aliphatic heterocycles. The Morgan fingerprint density at radius 3 is 2.83 bits per heavy atom. The second-order valence-corrected chi connectivity index (χ2v) is 2.48. The molecule has 0 aliphatic rings. The smallest absolute Gasteiger partial charge is 0.123 e. The molecule has 0 aromatic heterocycles. The fraction of sp³-hybridized carbons (Fsp3) is 0.222. The van der Waals surface area contributed by atoms with E-state index in [0.29, 0.717) is 0 Å². The molecule has 0 bridgehead atoms. The Morgan fingerprint density at radius 1 is 1.50 bits per heavy atom. The number of aliphatic imine (C=N–C) groups is 1. The molecule has 0 heterocycles. The van der Waals surface area contributed by atoms with Crippen molar-refractivity contribution in [3.05, 3.63) is 29.6 Å². The Bertz CT molecular complexity index is 295. The normalized spacial score (nSPS) is 10.6. The Balaban J connectivity index is 2.94. The van der Waals surface area contributed by atoms with Gasteiger partial charge in [-0.1, -0.05) is 0 Å². The molecule has 1 rings (SSSR count). The molecule has 0 fully saturated rings. The highest BCUT2D eigenvalue weighted by molar-refractivity contribution is 5.62. The maximum atomic E-state index is 12.6. The van der Waals surface area contributed by atoms with Crippen LogP contribution in [0.1, 0.15) is 5.56 Å². The Morgan fingerprint density at radius 2 is 2.25 bits per heavy atom. The topological polar surface area (TPSA) is 24.4 Å². The van der Waals surface area contributed by atoms with E-state index in [1.54, 1.807) is 19.5 Å². The highest BCUT2D eigenvalue weighted by Gasteiger charge is 1.95. The summed E-state index contributed by atoms with van der Waals surface area (Å²) in [6.07, 6.45) is 1.57. The van der Waals surface area contributed by atoms with Crippen molar-refractivity contribution in [1.82, 2.24) is 5.32 Å². The summed E-state index contributed by atoms with van der Waals surface area (Å²) >= 11 is 0. The van der Waals surface area contributed by atoms with E-state index in [2.05, 4.69) is 10.3 Å². The molecule has 0 saturated heterocycles. The number of halogens is 1. The number of rotatable bonds is 2. The van der Waals surface area contributed by atoms with E-state index in [1.807, 2.05) is 6.92 Å². The van der Waals surface area contributed by atoms with Gasteiger partial charge in [-0.25, -0.2) is 9.38 Å². The summed E-state index contributed by atoms with van der Waals surface area (Å²) < 4.78 is 12.6. The minimum atomic E-state index is -0.226. The second-order valence-electron chi connectivity index (χ2n) is 2.48. The number of hydrogen-bond acceptors (Lipinski definition) is 1. The molecular formula is C9H11FN2. The van der Waals surface area contributed by atoms with Crippen LogP contribution < -0.4 is 5.32 Å². The Hall–Kier alpha value is -1.38. The van der Waals surface area contributed by atoms with Crippen LogP contribution in [0.5, 0.6) is 0 Å². The maximum Gasteiger partial charge on any atom is 0.123 e. The molecule has 0 unspecified atom stereocenters. The molecule has 1 N–H and O–H groups in total. The minimum absolute atomic E-state index is 0.226. The zero-order valence-corrected chi connectivity index (χ0v) is 7.13. The molecule has 2 nitrogen and oxygen atoms in total. The lowest BCUT2D eigenvalue weighted by Crippen LogP contribution is -1.99. The van der Waals surface area contributed by atoms with Gasteiger partial charge >= 0.3 is 0 Å². The quantitative estimate of drug-likeness (QED) is 0.527. The van der Waals surface area contributed by atoms with Crippen LogP contribution in [0.2, 0.25) is 0 Å². The van der Waals surface area contributed by atoms with Gasteiger partial charge in [0.05, 0.1) is 12.0 Å². The summed E-state index contributed by atoms with van der Waals surface area (Å²) in [5.41, 5.74) is 1.62. The van der Waals surface area contributed by atoms with Crippen molar-refractivity contribution in [3.63, 3.8) is 0 Å². The van der Waals surface area contributed by atoms with Crippen LogP contribution >= 0.6 is 0 Å². The van der Waals surface area contributed by atoms with Gasteiger partial charge in [-0.2, -0.15) is 0 Å². The summed E-state index contributed by atoms with van der Waals surface area (Å²) in [6, 6.07) is 4.51. The first kappa shape index (κ1) is 8.71. The number of aryl methyl sites for hydroxylation is 1. The molecule has 1 aromatic carbocycles. The van der Waals surface area contributed by atoms with Gasteiger partial charge in [0.15, 0.2) is 0 Å². The van der Waals surface area contributed by atoms with Crippen molar-refractivity contribution in [2.45, 2.75) is 6.92 Å². The SMILES string of the molecule is CNC=Nc1ccc(F)cc1C. The van der Waals surface area contributed by atoms with Crippen LogP contribution in [0.4, 0.5) is 10.1 Å². The molecule has 3 heteroatoms. The van der Waals surface area contributed by atoms with Crippen LogP contribution in [0.15, 0.2) is 23.2 Å². The first-order valence-corrected chi connectivity index (χ1v) is 3.70. The second kappa shape index (κ2) is 3.85. The van der Waals surface area contributed by atoms with Gasteiger partial charge in [-0.3, -0.25) is 0 Å². The molecule has 0 saturated carbocycles. The van der Waals surface area contributed by atoms with Crippen molar-refractivity contribution in [2.75, 3.05) is 7.05 Å². The monoisotopic (exact) mass is 166 g/mol. The highest BCUT2D eigenvalue weighted by Crippen LogP contribution is 2.17. The molecule has 0 amide bonds. The zero-order chi connectivity index (χ0) is 8.97. The first-order valence-electron chi connectivity index (χ1n) is 3.70. The van der Waals surface area contributed by atoms with Gasteiger partial charge in [0.2, 0.25) is 0 Å². The standard InChI is InChI=1S/C9H11FN2/c1-7-5-8(10)3-4-9(7)12-6-11-2/h3-6H,1-2H3,(H,11,12). The average Bonchev–Trinajstić information content (AvgIpc) is 2.03. The fourth-order valence-corrected chi connectivity index (χ4v) is 0.898. The Kier molecular flexibility index (Phi) is 2.80. The van der Waals surface area contributed by atoms with E-state index in [1.165, 1.54) is 12.1 Å². The highest BCUT2D eigenvalue weighted by atomic mass is 19.1. The van der Waals surface area contributed by atoms with Gasteiger partial charge in [-0.15, -0.1) is 0 Å². The molecule has 0 spiro atoms. The average molecular weight is 166 g/mol. The summed E-state index contributed by atoms with van der Waals surface area (Å²) in [5.74, 6) is -0.226. The third kappa shape index (κ3) is 2.05. The lowest BCUT2D eigenvalue weighted by atomic mass is 10.2. The van der Waals surface area contributed by atoms with Crippen molar-refractivity contribution in [2.24, 2.45) is 4.99 Å². The largest absolute Gasteiger partial charge is 0.379 e. The van der Waals surface area contributed by atoms with Crippen molar-refractivity contribution in [1.29, 1.82) is 0 Å². The summed E-state index contributed by atoms with van der Waals surface area (Å²) in [5, 5.41) is 2.77. The van der Waals surface area contributed by atoms with Crippen molar-refractivity contribution >= 4 is 12.0 Å². The molecular weight excluding hydrogens is 155 g/mol. The predicted molar refractivity (Wildman–Crippen MR) is 48.3 cm³/mol. The summed E-state index contributed by atoms with van der Waals surface area (Å²) in [4.78, 5) is 4.06. The minimum Gasteiger partial charge on any atom is -0.379 e. The summed E-state index contributed by atoms with van der Waals surface area (Å²) in [6.45, 7) is 1.82. The van der Waals surface area contributed by atoms with Gasteiger partial charge in [0, 0.05) is 7.05 Å².